The number of nitrogens with zero attached hydrogens (tertiary/aromatic N) is 1. The summed E-state index contributed by atoms with van der Waals surface area (Å²) in [7, 11) is 1.51. The number of aliphatic hydroxyl groups is 1. The van der Waals surface area contributed by atoms with Crippen molar-refractivity contribution in [3.8, 4) is 11.5 Å². The molecular weight excluding hydrogens is 339 g/mol. The van der Waals surface area contributed by atoms with E-state index in [1.54, 1.807) is 30.3 Å². The summed E-state index contributed by atoms with van der Waals surface area (Å²) < 4.78 is 24.1. The average molecular weight is 360 g/mol. The molecule has 0 aliphatic heterocycles. The van der Waals surface area contributed by atoms with Crippen LogP contribution >= 0.6 is 0 Å². The van der Waals surface area contributed by atoms with Crippen LogP contribution in [0.2, 0.25) is 0 Å². The Labute approximate surface area is 151 Å². The molecule has 0 aliphatic rings. The highest BCUT2D eigenvalue weighted by Crippen LogP contribution is 2.30. The van der Waals surface area contributed by atoms with E-state index in [0.29, 0.717) is 17.1 Å². The molecule has 0 unspecified atom stereocenters. The minimum Gasteiger partial charge on any atom is -0.493 e. The van der Waals surface area contributed by atoms with Crippen LogP contribution in [0.25, 0.3) is 0 Å². The van der Waals surface area contributed by atoms with Crippen molar-refractivity contribution in [1.82, 2.24) is 5.43 Å². The van der Waals surface area contributed by atoms with E-state index < -0.39 is 11.5 Å². The largest absolute Gasteiger partial charge is 0.493 e. The third-order valence-electron chi connectivity index (χ3n) is 3.45. The highest BCUT2D eigenvalue weighted by atomic mass is 19.1. The van der Waals surface area contributed by atoms with E-state index in [-0.39, 0.29) is 12.4 Å². The monoisotopic (exact) mass is 360 g/mol. The van der Waals surface area contributed by atoms with Gasteiger partial charge in [-0.1, -0.05) is 18.2 Å². The quantitative estimate of drug-likeness (QED) is 0.588. The molecule has 0 aliphatic carbocycles. The molecule has 2 aromatic carbocycles. The van der Waals surface area contributed by atoms with E-state index in [9.17, 15) is 14.3 Å². The van der Waals surface area contributed by atoms with E-state index in [1.165, 1.54) is 39.3 Å². The molecule has 0 saturated carbocycles. The molecule has 1 amide bonds. The molecule has 0 bridgehead atoms. The smallest absolute Gasteiger partial charge is 0.271 e. The zero-order valence-corrected chi connectivity index (χ0v) is 14.8. The van der Waals surface area contributed by atoms with Crippen molar-refractivity contribution >= 4 is 12.1 Å². The number of carbonyl (C=O) groups is 1. The van der Waals surface area contributed by atoms with Gasteiger partial charge in [-0.05, 0) is 43.7 Å². The molecule has 2 aromatic rings. The number of hydrogen-bond donors (Lipinski definition) is 2. The minimum absolute atomic E-state index is 0.206. The Kier molecular flexibility index (Phi) is 6.30. The zero-order valence-electron chi connectivity index (χ0n) is 14.8. The van der Waals surface area contributed by atoms with Gasteiger partial charge in [-0.15, -0.1) is 0 Å². The number of ether oxygens (including phenoxy) is 2. The molecule has 0 heterocycles. The van der Waals surface area contributed by atoms with E-state index in [1.807, 2.05) is 0 Å². The second-order valence-corrected chi connectivity index (χ2v) is 6.05. The fraction of sp³-hybridized carbons (Fsp3) is 0.263. The third-order valence-corrected chi connectivity index (χ3v) is 3.45. The molecule has 0 fully saturated rings. The summed E-state index contributed by atoms with van der Waals surface area (Å²) in [6.45, 7) is 2.93. The van der Waals surface area contributed by atoms with Gasteiger partial charge in [0.1, 0.15) is 18.0 Å². The van der Waals surface area contributed by atoms with Crippen LogP contribution < -0.4 is 14.9 Å². The summed E-state index contributed by atoms with van der Waals surface area (Å²) in [6.07, 6.45) is 1.39. The Bertz CT molecular complexity index is 783. The molecule has 26 heavy (non-hydrogen) atoms. The van der Waals surface area contributed by atoms with Gasteiger partial charge in [0, 0.05) is 5.56 Å². The van der Waals surface area contributed by atoms with Crippen molar-refractivity contribution in [3.05, 3.63) is 59.4 Å². The van der Waals surface area contributed by atoms with Crippen LogP contribution in [0, 0.1) is 5.82 Å². The van der Waals surface area contributed by atoms with Gasteiger partial charge in [-0.2, -0.15) is 5.10 Å². The minimum atomic E-state index is -1.53. The number of halogens is 1. The van der Waals surface area contributed by atoms with Crippen molar-refractivity contribution in [2.24, 2.45) is 5.10 Å². The molecule has 0 atom stereocenters. The molecule has 2 N–H and O–H groups in total. The zero-order chi connectivity index (χ0) is 19.2. The van der Waals surface area contributed by atoms with Crippen LogP contribution in [-0.2, 0) is 11.4 Å². The Balaban J connectivity index is 2.16. The lowest BCUT2D eigenvalue weighted by molar-refractivity contribution is -0.136. The normalized spacial score (nSPS) is 11.4. The predicted octanol–water partition coefficient (Wildman–Crippen LogP) is 2.63. The van der Waals surface area contributed by atoms with Crippen LogP contribution in [0.1, 0.15) is 25.0 Å². The molecular formula is C19H21FN2O4. The molecule has 0 aromatic heterocycles. The van der Waals surface area contributed by atoms with Gasteiger partial charge in [-0.25, -0.2) is 9.82 Å². The Hall–Kier alpha value is -2.93. The number of benzene rings is 2. The molecule has 6 nitrogen and oxygen atoms in total. The molecule has 0 saturated heterocycles. The Morgan fingerprint density at radius 2 is 1.96 bits per heavy atom. The van der Waals surface area contributed by atoms with E-state index in [0.717, 1.165) is 5.56 Å². The number of para-hydroxylation sites is 1. The maximum Gasteiger partial charge on any atom is 0.271 e. The fourth-order valence-electron chi connectivity index (χ4n) is 1.98. The van der Waals surface area contributed by atoms with Crippen LogP contribution in [-0.4, -0.2) is 29.9 Å². The van der Waals surface area contributed by atoms with Crippen LogP contribution in [0.4, 0.5) is 4.39 Å². The Morgan fingerprint density at radius 1 is 1.27 bits per heavy atom. The van der Waals surface area contributed by atoms with Crippen molar-refractivity contribution in [1.29, 1.82) is 0 Å². The average Bonchev–Trinajstić information content (AvgIpc) is 2.60. The summed E-state index contributed by atoms with van der Waals surface area (Å²) in [6, 6.07) is 11.2. The van der Waals surface area contributed by atoms with Crippen molar-refractivity contribution in [2.75, 3.05) is 7.11 Å². The van der Waals surface area contributed by atoms with Gasteiger partial charge < -0.3 is 14.6 Å². The number of carbonyl (C=O) groups excluding carboxylic acids is 1. The number of methoxy groups -OCH3 is 1. The molecule has 7 heteroatoms. The summed E-state index contributed by atoms with van der Waals surface area (Å²) in [5.41, 5.74) is 2.08. The van der Waals surface area contributed by atoms with Crippen LogP contribution in [0.5, 0.6) is 11.5 Å². The first-order valence-electron chi connectivity index (χ1n) is 7.91. The molecule has 2 rings (SSSR count). The van der Waals surface area contributed by atoms with Crippen molar-refractivity contribution < 1.29 is 23.8 Å². The van der Waals surface area contributed by atoms with Gasteiger partial charge in [-0.3, -0.25) is 4.79 Å². The van der Waals surface area contributed by atoms with E-state index in [4.69, 9.17) is 9.47 Å². The van der Waals surface area contributed by atoms with Crippen LogP contribution in [0.15, 0.2) is 47.6 Å². The number of nitrogens with one attached hydrogen (secondary N) is 1. The first-order chi connectivity index (χ1) is 12.3. The standard InChI is InChI=1S/C19H21FN2O4/c1-19(2,24)18(23)22-21-11-14-5-4-6-16(25-3)17(14)26-12-13-7-9-15(20)10-8-13/h4-11,24H,12H2,1-3H3,(H,22,23)/b21-11-. The van der Waals surface area contributed by atoms with Gasteiger partial charge in [0.2, 0.25) is 0 Å². The van der Waals surface area contributed by atoms with Crippen LogP contribution in [0.3, 0.4) is 0 Å². The first kappa shape index (κ1) is 19.4. The lowest BCUT2D eigenvalue weighted by Gasteiger charge is -2.14. The van der Waals surface area contributed by atoms with Gasteiger partial charge in [0.15, 0.2) is 11.5 Å². The van der Waals surface area contributed by atoms with E-state index >= 15 is 0 Å². The number of amides is 1. The molecule has 138 valence electrons. The van der Waals surface area contributed by atoms with Gasteiger partial charge in [0.25, 0.3) is 5.91 Å². The summed E-state index contributed by atoms with van der Waals surface area (Å²) in [4.78, 5) is 11.6. The Morgan fingerprint density at radius 3 is 2.58 bits per heavy atom. The summed E-state index contributed by atoms with van der Waals surface area (Å²) >= 11 is 0. The van der Waals surface area contributed by atoms with E-state index in [2.05, 4.69) is 10.5 Å². The highest BCUT2D eigenvalue weighted by Gasteiger charge is 2.23. The maximum absolute atomic E-state index is 13.0. The van der Waals surface area contributed by atoms with Gasteiger partial charge >= 0.3 is 0 Å². The van der Waals surface area contributed by atoms with Gasteiger partial charge in [0.05, 0.1) is 13.3 Å². The third kappa shape index (κ3) is 5.29. The molecule has 0 radical (unpaired) electrons. The summed E-state index contributed by atoms with van der Waals surface area (Å²) in [5, 5.41) is 13.4. The predicted molar refractivity (Wildman–Crippen MR) is 95.8 cm³/mol. The second kappa shape index (κ2) is 8.44. The first-order valence-corrected chi connectivity index (χ1v) is 7.91. The molecule has 0 spiro atoms. The highest BCUT2D eigenvalue weighted by molar-refractivity contribution is 5.88. The number of rotatable bonds is 7. The van der Waals surface area contributed by atoms with Crippen molar-refractivity contribution in [3.63, 3.8) is 0 Å². The van der Waals surface area contributed by atoms with Crippen molar-refractivity contribution in [2.45, 2.75) is 26.1 Å². The topological polar surface area (TPSA) is 80.2 Å². The fourth-order valence-corrected chi connectivity index (χ4v) is 1.98. The number of hydrogen-bond acceptors (Lipinski definition) is 5. The lowest BCUT2D eigenvalue weighted by Crippen LogP contribution is -2.39. The lowest BCUT2D eigenvalue weighted by atomic mass is 10.1. The maximum atomic E-state index is 13.0. The SMILES string of the molecule is COc1cccc(/C=N\NC(=O)C(C)(C)O)c1OCc1ccc(F)cc1. The summed E-state index contributed by atoms with van der Waals surface area (Å²) in [5.74, 6) is -0.0303. The number of hydrazone groups is 1. The second-order valence-electron chi connectivity index (χ2n) is 6.05.